The van der Waals surface area contributed by atoms with Crippen LogP contribution in [0.1, 0.15) is 44.6 Å². The Hall–Kier alpha value is -1.35. The molecule has 23 heavy (non-hydrogen) atoms. The fourth-order valence-electron chi connectivity index (χ4n) is 4.08. The van der Waals surface area contributed by atoms with Gasteiger partial charge < -0.3 is 5.32 Å². The minimum atomic E-state index is 0.00988. The van der Waals surface area contributed by atoms with Gasteiger partial charge in [0.1, 0.15) is 5.78 Å². The zero-order valence-corrected chi connectivity index (χ0v) is 14.3. The normalized spacial score (nSPS) is 28.3. The second-order valence-corrected chi connectivity index (χ2v) is 7.57. The van der Waals surface area contributed by atoms with Gasteiger partial charge >= 0.3 is 0 Å². The van der Waals surface area contributed by atoms with E-state index in [0.717, 1.165) is 49.1 Å². The van der Waals surface area contributed by atoms with Crippen molar-refractivity contribution < 1.29 is 9.59 Å². The highest BCUT2D eigenvalue weighted by Gasteiger charge is 2.41. The van der Waals surface area contributed by atoms with E-state index in [1.54, 1.807) is 0 Å². The number of ketones is 1. The van der Waals surface area contributed by atoms with E-state index >= 15 is 0 Å². The van der Waals surface area contributed by atoms with E-state index in [9.17, 15) is 9.59 Å². The molecule has 2 fully saturated rings. The number of rotatable bonds is 4. The summed E-state index contributed by atoms with van der Waals surface area (Å²) in [7, 11) is 0. The SMILES string of the molecule is C[C@H](Cc1ccc(Cl)cc1)NC(=O)C1C[C@H]2CCC[C@@H](C1)C2=O. The van der Waals surface area contributed by atoms with Crippen LogP contribution in [-0.2, 0) is 16.0 Å². The number of hydrogen-bond acceptors (Lipinski definition) is 2. The van der Waals surface area contributed by atoms with Crippen molar-refractivity contribution in [3.05, 3.63) is 34.9 Å². The summed E-state index contributed by atoms with van der Waals surface area (Å²) in [6.07, 6.45) is 5.37. The molecule has 4 atom stereocenters. The van der Waals surface area contributed by atoms with E-state index in [1.807, 2.05) is 31.2 Å². The van der Waals surface area contributed by atoms with E-state index in [1.165, 1.54) is 0 Å². The molecule has 0 heterocycles. The Labute approximate surface area is 142 Å². The molecule has 2 bridgehead atoms. The van der Waals surface area contributed by atoms with Crippen LogP contribution in [0.4, 0.5) is 0 Å². The number of nitrogens with one attached hydrogen (secondary N) is 1. The first-order valence-electron chi connectivity index (χ1n) is 8.61. The predicted octanol–water partition coefficient (Wildman–Crippen LogP) is 3.78. The largest absolute Gasteiger partial charge is 0.353 e. The van der Waals surface area contributed by atoms with Crippen LogP contribution in [0.15, 0.2) is 24.3 Å². The van der Waals surface area contributed by atoms with Gasteiger partial charge in [-0.1, -0.05) is 30.2 Å². The maximum Gasteiger partial charge on any atom is 0.223 e. The van der Waals surface area contributed by atoms with Gasteiger partial charge in [-0.15, -0.1) is 0 Å². The number of hydrogen-bond donors (Lipinski definition) is 1. The van der Waals surface area contributed by atoms with Gasteiger partial charge in [0.15, 0.2) is 0 Å². The second kappa shape index (κ2) is 7.04. The third kappa shape index (κ3) is 3.95. The number of carbonyl (C=O) groups excluding carboxylic acids is 2. The van der Waals surface area contributed by atoms with Crippen molar-refractivity contribution in [2.45, 2.75) is 51.5 Å². The van der Waals surface area contributed by atoms with E-state index in [-0.39, 0.29) is 29.7 Å². The Bertz CT molecular complexity index is 568. The van der Waals surface area contributed by atoms with Gasteiger partial charge in [0.25, 0.3) is 0 Å². The fraction of sp³-hybridized carbons (Fsp3) is 0.579. The Morgan fingerprint density at radius 1 is 1.22 bits per heavy atom. The molecule has 2 aliphatic rings. The van der Waals surface area contributed by atoms with E-state index < -0.39 is 0 Å². The zero-order chi connectivity index (χ0) is 16.4. The summed E-state index contributed by atoms with van der Waals surface area (Å²) in [6.45, 7) is 2.03. The van der Waals surface area contributed by atoms with Crippen molar-refractivity contribution >= 4 is 23.3 Å². The zero-order valence-electron chi connectivity index (χ0n) is 13.6. The lowest BCUT2D eigenvalue weighted by Crippen LogP contribution is -2.45. The quantitative estimate of drug-likeness (QED) is 0.911. The van der Waals surface area contributed by atoms with Gasteiger partial charge in [-0.3, -0.25) is 9.59 Å². The Morgan fingerprint density at radius 2 is 1.83 bits per heavy atom. The Kier molecular flexibility index (Phi) is 5.05. The van der Waals surface area contributed by atoms with Gasteiger partial charge in [0.2, 0.25) is 5.91 Å². The third-order valence-electron chi connectivity index (χ3n) is 5.26. The first-order valence-corrected chi connectivity index (χ1v) is 8.99. The van der Waals surface area contributed by atoms with E-state index in [2.05, 4.69) is 5.32 Å². The van der Waals surface area contributed by atoms with Crippen LogP contribution in [0, 0.1) is 17.8 Å². The molecule has 3 rings (SSSR count). The molecule has 0 aromatic heterocycles. The van der Waals surface area contributed by atoms with Crippen molar-refractivity contribution in [2.24, 2.45) is 17.8 Å². The molecular formula is C19H24ClNO2. The van der Waals surface area contributed by atoms with Gasteiger partial charge in [-0.25, -0.2) is 0 Å². The highest BCUT2D eigenvalue weighted by molar-refractivity contribution is 6.30. The second-order valence-electron chi connectivity index (χ2n) is 7.14. The maximum absolute atomic E-state index is 12.5. The maximum atomic E-state index is 12.5. The van der Waals surface area contributed by atoms with Gasteiger partial charge in [-0.05, 0) is 56.7 Å². The minimum Gasteiger partial charge on any atom is -0.353 e. The van der Waals surface area contributed by atoms with Crippen molar-refractivity contribution in [2.75, 3.05) is 0 Å². The van der Waals surface area contributed by atoms with Crippen molar-refractivity contribution in [1.82, 2.24) is 5.32 Å². The van der Waals surface area contributed by atoms with Gasteiger partial charge in [-0.2, -0.15) is 0 Å². The van der Waals surface area contributed by atoms with E-state index in [0.29, 0.717) is 5.78 Å². The number of carbonyl (C=O) groups is 2. The summed E-state index contributed by atoms with van der Waals surface area (Å²) in [5, 5.41) is 3.86. The summed E-state index contributed by atoms with van der Waals surface area (Å²) < 4.78 is 0. The molecule has 1 unspecified atom stereocenters. The number of Topliss-reactive ketones (excluding diaryl/α,β-unsaturated/α-hetero) is 1. The average Bonchev–Trinajstić information content (AvgIpc) is 2.49. The molecule has 2 aliphatic carbocycles. The lowest BCUT2D eigenvalue weighted by Gasteiger charge is -2.37. The molecule has 3 nitrogen and oxygen atoms in total. The molecule has 0 saturated heterocycles. The summed E-state index contributed by atoms with van der Waals surface area (Å²) in [4.78, 5) is 24.7. The molecule has 2 saturated carbocycles. The molecule has 1 amide bonds. The number of amides is 1. The molecule has 1 aromatic carbocycles. The molecule has 0 radical (unpaired) electrons. The standard InChI is InChI=1S/C19H24ClNO2/c1-12(9-13-5-7-17(20)8-6-13)21-19(23)16-10-14-3-2-4-15(11-16)18(14)22/h5-8,12,14-16H,2-4,9-11H2,1H3,(H,21,23)/t12-,14-,15+,16?/m1/s1. The summed E-state index contributed by atoms with van der Waals surface area (Å²) in [5.74, 6) is 0.802. The van der Waals surface area contributed by atoms with Crippen LogP contribution in [-0.4, -0.2) is 17.7 Å². The van der Waals surface area contributed by atoms with Crippen LogP contribution in [0.25, 0.3) is 0 Å². The summed E-state index contributed by atoms with van der Waals surface area (Å²) in [5.41, 5.74) is 1.16. The number of benzene rings is 1. The van der Waals surface area contributed by atoms with Crippen LogP contribution in [0.3, 0.4) is 0 Å². The molecule has 1 aromatic rings. The molecule has 4 heteroatoms. The average molecular weight is 334 g/mol. The summed E-state index contributed by atoms with van der Waals surface area (Å²) in [6, 6.07) is 7.82. The van der Waals surface area contributed by atoms with Crippen molar-refractivity contribution in [3.8, 4) is 0 Å². The van der Waals surface area contributed by atoms with Crippen LogP contribution in [0.5, 0.6) is 0 Å². The Morgan fingerprint density at radius 3 is 2.43 bits per heavy atom. The van der Waals surface area contributed by atoms with Gasteiger partial charge in [0, 0.05) is 28.8 Å². The van der Waals surface area contributed by atoms with Crippen molar-refractivity contribution in [3.63, 3.8) is 0 Å². The monoisotopic (exact) mass is 333 g/mol. The van der Waals surface area contributed by atoms with E-state index in [4.69, 9.17) is 11.6 Å². The van der Waals surface area contributed by atoms with Crippen molar-refractivity contribution in [1.29, 1.82) is 0 Å². The van der Waals surface area contributed by atoms with Crippen LogP contribution >= 0.6 is 11.6 Å². The highest BCUT2D eigenvalue weighted by atomic mass is 35.5. The molecule has 1 N–H and O–H groups in total. The molecule has 124 valence electrons. The highest BCUT2D eigenvalue weighted by Crippen LogP contribution is 2.40. The van der Waals surface area contributed by atoms with Gasteiger partial charge in [0.05, 0.1) is 0 Å². The first-order chi connectivity index (χ1) is 11.0. The third-order valence-corrected chi connectivity index (χ3v) is 5.51. The lowest BCUT2D eigenvalue weighted by atomic mass is 9.67. The lowest BCUT2D eigenvalue weighted by molar-refractivity contribution is -0.137. The fourth-order valence-corrected chi connectivity index (χ4v) is 4.21. The number of fused-ring (bicyclic) bond motifs is 2. The molecule has 0 aliphatic heterocycles. The molecule has 0 spiro atoms. The minimum absolute atomic E-state index is 0.00988. The smallest absolute Gasteiger partial charge is 0.223 e. The molecular weight excluding hydrogens is 310 g/mol. The number of halogens is 1. The van der Waals surface area contributed by atoms with Crippen LogP contribution < -0.4 is 5.32 Å². The topological polar surface area (TPSA) is 46.2 Å². The first kappa shape index (κ1) is 16.5. The van der Waals surface area contributed by atoms with Crippen LogP contribution in [0.2, 0.25) is 5.02 Å². The Balaban J connectivity index is 1.54. The summed E-state index contributed by atoms with van der Waals surface area (Å²) >= 11 is 5.90. The predicted molar refractivity (Wildman–Crippen MR) is 91.3 cm³/mol.